The van der Waals surface area contributed by atoms with Gasteiger partial charge in [-0.3, -0.25) is 4.90 Å². The van der Waals surface area contributed by atoms with Crippen LogP contribution >= 0.6 is 0 Å². The van der Waals surface area contributed by atoms with Gasteiger partial charge in [-0.15, -0.1) is 0 Å². The average molecular weight is 471 g/mol. The minimum atomic E-state index is -3.60. The zero-order chi connectivity index (χ0) is 22.8. The van der Waals surface area contributed by atoms with Crippen molar-refractivity contribution in [3.05, 3.63) is 24.3 Å². The van der Waals surface area contributed by atoms with Gasteiger partial charge in [0.2, 0.25) is 21.9 Å². The van der Waals surface area contributed by atoms with E-state index in [1.54, 1.807) is 12.1 Å². The molecular formula is C24H34N6O2S. The predicted octanol–water partition coefficient (Wildman–Crippen LogP) is 3.04. The third-order valence-corrected chi connectivity index (χ3v) is 10.2. The van der Waals surface area contributed by atoms with E-state index in [2.05, 4.69) is 9.71 Å². The maximum Gasteiger partial charge on any atom is 0.241 e. The van der Waals surface area contributed by atoms with E-state index in [4.69, 9.17) is 16.5 Å². The molecule has 0 atom stereocenters. The Hall–Kier alpha value is -2.13. The Balaban J connectivity index is 1.26. The Kier molecular flexibility index (Phi) is 4.82. The zero-order valence-electron chi connectivity index (χ0n) is 19.0. The van der Waals surface area contributed by atoms with Crippen LogP contribution in [0.25, 0.3) is 0 Å². The number of sulfonamides is 1. The molecule has 178 valence electrons. The van der Waals surface area contributed by atoms with Gasteiger partial charge in [0.15, 0.2) is 0 Å². The first-order valence-electron chi connectivity index (χ1n) is 12.4. The van der Waals surface area contributed by atoms with Crippen molar-refractivity contribution in [3.63, 3.8) is 0 Å². The van der Waals surface area contributed by atoms with Crippen molar-refractivity contribution in [1.82, 2.24) is 4.72 Å². The first-order valence-corrected chi connectivity index (χ1v) is 13.9. The van der Waals surface area contributed by atoms with Crippen LogP contribution in [0.3, 0.4) is 0 Å². The largest absolute Gasteiger partial charge is 0.369 e. The van der Waals surface area contributed by atoms with Crippen LogP contribution < -0.4 is 21.1 Å². The van der Waals surface area contributed by atoms with Gasteiger partial charge in [0.05, 0.1) is 4.90 Å². The van der Waals surface area contributed by atoms with Crippen molar-refractivity contribution in [2.24, 2.45) is 39.2 Å². The highest BCUT2D eigenvalue weighted by atomic mass is 32.2. The molecule has 1 heterocycles. The van der Waals surface area contributed by atoms with E-state index >= 15 is 0 Å². The molecule has 0 radical (unpaired) electrons. The Bertz CT molecular complexity index is 1070. The Morgan fingerprint density at radius 2 is 1.48 bits per heavy atom. The number of benzene rings is 1. The number of nitrogens with one attached hydrogen (secondary N) is 1. The van der Waals surface area contributed by atoms with Crippen molar-refractivity contribution < 1.29 is 8.42 Å². The molecule has 33 heavy (non-hydrogen) atoms. The standard InChI is InChI=1S/C24H34N6O2S/c25-21-27-22(26)30(24(28-21)8-2-1-3-9-24)19-4-6-20(7-5-19)33(31,32)29-23-13-16-10-17(14-23)12-18(11-16)15-23/h4-7,16-18,29H,1-3,8-15H2,(H4,25,26,27,28). The molecule has 5 saturated carbocycles. The number of guanidine groups is 2. The molecule has 7 rings (SSSR count). The van der Waals surface area contributed by atoms with Gasteiger partial charge in [-0.2, -0.15) is 4.99 Å². The van der Waals surface area contributed by atoms with Crippen LogP contribution in [0.5, 0.6) is 0 Å². The van der Waals surface area contributed by atoms with Crippen LogP contribution in [0.1, 0.15) is 70.6 Å². The highest BCUT2D eigenvalue weighted by molar-refractivity contribution is 7.89. The van der Waals surface area contributed by atoms with E-state index in [1.807, 2.05) is 17.0 Å². The number of rotatable bonds is 4. The fraction of sp³-hybridized carbons (Fsp3) is 0.667. The normalized spacial score (nSPS) is 34.9. The third kappa shape index (κ3) is 3.64. The highest BCUT2D eigenvalue weighted by Gasteiger charge is 2.52. The van der Waals surface area contributed by atoms with Gasteiger partial charge >= 0.3 is 0 Å². The monoisotopic (exact) mass is 470 g/mol. The maximum absolute atomic E-state index is 13.4. The summed E-state index contributed by atoms with van der Waals surface area (Å²) in [6, 6.07) is 7.02. The predicted molar refractivity (Wildman–Crippen MR) is 129 cm³/mol. The van der Waals surface area contributed by atoms with Crippen molar-refractivity contribution >= 4 is 27.6 Å². The number of anilines is 1. The van der Waals surface area contributed by atoms with Gasteiger partial charge in [-0.1, -0.05) is 6.42 Å². The molecule has 5 fully saturated rings. The molecule has 0 aromatic heterocycles. The van der Waals surface area contributed by atoms with E-state index in [1.165, 1.54) is 19.3 Å². The molecule has 1 aromatic rings. The minimum Gasteiger partial charge on any atom is -0.369 e. The molecule has 5 N–H and O–H groups in total. The van der Waals surface area contributed by atoms with Crippen LogP contribution in [-0.2, 0) is 10.0 Å². The maximum atomic E-state index is 13.4. The topological polar surface area (TPSA) is 126 Å². The summed E-state index contributed by atoms with van der Waals surface area (Å²) < 4.78 is 30.0. The van der Waals surface area contributed by atoms with E-state index < -0.39 is 15.7 Å². The smallest absolute Gasteiger partial charge is 0.241 e. The van der Waals surface area contributed by atoms with E-state index in [0.29, 0.717) is 28.6 Å². The molecule has 6 aliphatic rings. The second-order valence-corrected chi connectivity index (χ2v) is 12.8. The van der Waals surface area contributed by atoms with E-state index in [-0.39, 0.29) is 11.5 Å². The van der Waals surface area contributed by atoms with Gasteiger partial charge in [0.25, 0.3) is 0 Å². The summed E-state index contributed by atoms with van der Waals surface area (Å²) in [5, 5.41) is 0. The summed E-state index contributed by atoms with van der Waals surface area (Å²) in [4.78, 5) is 11.1. The quantitative estimate of drug-likeness (QED) is 0.623. The first-order chi connectivity index (χ1) is 15.8. The fourth-order valence-electron chi connectivity index (χ4n) is 7.85. The molecule has 8 nitrogen and oxygen atoms in total. The summed E-state index contributed by atoms with van der Waals surface area (Å²) in [6.45, 7) is 0. The van der Waals surface area contributed by atoms with Gasteiger partial charge in [0.1, 0.15) is 5.66 Å². The molecule has 0 saturated heterocycles. The summed E-state index contributed by atoms with van der Waals surface area (Å²) in [7, 11) is -3.60. The van der Waals surface area contributed by atoms with Crippen LogP contribution in [0.15, 0.2) is 39.1 Å². The molecule has 0 amide bonds. The van der Waals surface area contributed by atoms with Crippen LogP contribution in [0.2, 0.25) is 0 Å². The second-order valence-electron chi connectivity index (χ2n) is 11.1. The Morgan fingerprint density at radius 1 is 0.909 bits per heavy atom. The van der Waals surface area contributed by atoms with Crippen molar-refractivity contribution in [3.8, 4) is 0 Å². The highest BCUT2D eigenvalue weighted by Crippen LogP contribution is 2.56. The third-order valence-electron chi connectivity index (χ3n) is 8.65. The van der Waals surface area contributed by atoms with Crippen LogP contribution in [-0.4, -0.2) is 31.5 Å². The van der Waals surface area contributed by atoms with Crippen molar-refractivity contribution in [1.29, 1.82) is 0 Å². The van der Waals surface area contributed by atoms with Gasteiger partial charge < -0.3 is 11.5 Å². The molecule has 4 bridgehead atoms. The lowest BCUT2D eigenvalue weighted by Gasteiger charge is -2.56. The lowest BCUT2D eigenvalue weighted by Crippen LogP contribution is -2.59. The Labute approximate surface area is 196 Å². The minimum absolute atomic E-state index is 0.213. The molecule has 1 aromatic carbocycles. The summed E-state index contributed by atoms with van der Waals surface area (Å²) >= 11 is 0. The number of nitrogens with two attached hydrogens (primary N) is 2. The Morgan fingerprint density at radius 3 is 2.06 bits per heavy atom. The number of aliphatic imine (C=N–C) groups is 2. The molecule has 1 aliphatic heterocycles. The van der Waals surface area contributed by atoms with Gasteiger partial charge in [-0.25, -0.2) is 18.1 Å². The van der Waals surface area contributed by atoms with Crippen LogP contribution in [0, 0.1) is 17.8 Å². The summed E-state index contributed by atoms with van der Waals surface area (Å²) in [5.41, 5.74) is 12.3. The molecule has 9 heteroatoms. The molecule has 0 unspecified atom stereocenters. The van der Waals surface area contributed by atoms with Crippen LogP contribution in [0.4, 0.5) is 5.69 Å². The van der Waals surface area contributed by atoms with Gasteiger partial charge in [-0.05, 0) is 106 Å². The van der Waals surface area contributed by atoms with E-state index in [0.717, 1.165) is 57.1 Å². The summed E-state index contributed by atoms with van der Waals surface area (Å²) in [5.74, 6) is 2.57. The van der Waals surface area contributed by atoms with Crippen molar-refractivity contribution in [2.75, 3.05) is 4.90 Å². The molecule has 1 spiro atoms. The molecular weight excluding hydrogens is 436 g/mol. The fourth-order valence-corrected chi connectivity index (χ4v) is 9.28. The number of hydrogen-bond acceptors (Lipinski definition) is 7. The lowest BCUT2D eigenvalue weighted by atomic mass is 9.53. The zero-order valence-corrected chi connectivity index (χ0v) is 19.9. The summed E-state index contributed by atoms with van der Waals surface area (Å²) in [6.07, 6.45) is 11.7. The first kappa shape index (κ1) is 21.4. The number of hydrogen-bond donors (Lipinski definition) is 3. The van der Waals surface area contributed by atoms with Crippen molar-refractivity contribution in [2.45, 2.75) is 86.7 Å². The molecule has 5 aliphatic carbocycles. The van der Waals surface area contributed by atoms with E-state index in [9.17, 15) is 8.42 Å². The average Bonchev–Trinajstić information content (AvgIpc) is 2.72. The second kappa shape index (κ2) is 7.43. The lowest BCUT2D eigenvalue weighted by molar-refractivity contribution is -0.00810. The SMILES string of the molecule is NC1=NC2(CCCCC2)N(c2ccc(S(=O)(=O)NC34CC5CC(CC(C5)C3)C4)cc2)C(N)=N1. The number of nitrogens with zero attached hydrogens (tertiary/aromatic N) is 3. The van der Waals surface area contributed by atoms with Gasteiger partial charge in [0, 0.05) is 11.2 Å².